The number of aliphatic hydroxyl groups is 1. The Morgan fingerprint density at radius 2 is 2.11 bits per heavy atom. The highest BCUT2D eigenvalue weighted by molar-refractivity contribution is 9.10. The second kappa shape index (κ2) is 8.51. The van der Waals surface area contributed by atoms with Crippen LogP contribution >= 0.6 is 15.9 Å². The van der Waals surface area contributed by atoms with Crippen molar-refractivity contribution in [1.29, 1.82) is 0 Å². The fraction of sp³-hybridized carbons (Fsp3) is 0.571. The van der Waals surface area contributed by atoms with Crippen LogP contribution in [0.15, 0.2) is 22.7 Å². The predicted molar refractivity (Wildman–Crippen MR) is 81.1 cm³/mol. The Bertz CT molecular complexity index is 358. The molecule has 1 aromatic carbocycles. The number of hydrogen-bond acceptors (Lipinski definition) is 3. The highest BCUT2D eigenvalue weighted by atomic mass is 79.9. The number of halogens is 1. The summed E-state index contributed by atoms with van der Waals surface area (Å²) in [4.78, 5) is 2.16. The van der Waals surface area contributed by atoms with Crippen LogP contribution in [-0.4, -0.2) is 31.3 Å². The highest BCUT2D eigenvalue weighted by Gasteiger charge is 2.08. The monoisotopic (exact) mass is 314 g/mol. The number of nitrogens with zero attached hydrogens (tertiary/aromatic N) is 1. The van der Waals surface area contributed by atoms with Gasteiger partial charge in [0.2, 0.25) is 0 Å². The molecule has 3 nitrogen and oxygen atoms in total. The van der Waals surface area contributed by atoms with Gasteiger partial charge in [-0.1, -0.05) is 13.0 Å². The lowest BCUT2D eigenvalue weighted by Crippen LogP contribution is -2.26. The van der Waals surface area contributed by atoms with Crippen molar-refractivity contribution in [1.82, 2.24) is 5.32 Å². The van der Waals surface area contributed by atoms with Gasteiger partial charge in [0.05, 0.1) is 12.3 Å². The first-order valence-electron chi connectivity index (χ1n) is 6.57. The molecule has 0 bridgehead atoms. The zero-order valence-electron chi connectivity index (χ0n) is 11.2. The Labute approximate surface area is 118 Å². The van der Waals surface area contributed by atoms with E-state index in [2.05, 4.69) is 58.2 Å². The molecule has 0 fully saturated rings. The van der Waals surface area contributed by atoms with E-state index in [1.807, 2.05) is 0 Å². The molecule has 0 heterocycles. The van der Waals surface area contributed by atoms with Crippen LogP contribution in [0.4, 0.5) is 5.69 Å². The summed E-state index contributed by atoms with van der Waals surface area (Å²) in [5.74, 6) is 0. The van der Waals surface area contributed by atoms with Crippen molar-refractivity contribution in [3.05, 3.63) is 28.2 Å². The number of anilines is 1. The second-order valence-corrected chi connectivity index (χ2v) is 5.12. The van der Waals surface area contributed by atoms with Crippen LogP contribution in [0.2, 0.25) is 0 Å². The normalized spacial score (nSPS) is 10.7. The standard InChI is InChI=1S/C14H23BrN2O/c1-3-7-16-11-12-5-6-14(13(15)10-12)17(4-2)8-9-18/h5-6,10,16,18H,3-4,7-9,11H2,1-2H3. The maximum absolute atomic E-state index is 9.05. The minimum absolute atomic E-state index is 0.181. The summed E-state index contributed by atoms with van der Waals surface area (Å²) in [6, 6.07) is 6.41. The number of likely N-dealkylation sites (N-methyl/N-ethyl adjacent to an activating group) is 1. The van der Waals surface area contributed by atoms with Gasteiger partial charge < -0.3 is 15.3 Å². The highest BCUT2D eigenvalue weighted by Crippen LogP contribution is 2.27. The zero-order valence-corrected chi connectivity index (χ0v) is 12.8. The van der Waals surface area contributed by atoms with E-state index in [0.717, 1.165) is 36.2 Å². The van der Waals surface area contributed by atoms with E-state index in [0.29, 0.717) is 6.54 Å². The molecule has 1 rings (SSSR count). The Kier molecular flexibility index (Phi) is 7.32. The summed E-state index contributed by atoms with van der Waals surface area (Å²) in [6.45, 7) is 7.96. The molecule has 0 unspecified atom stereocenters. The summed E-state index contributed by atoms with van der Waals surface area (Å²) in [5, 5.41) is 12.4. The summed E-state index contributed by atoms with van der Waals surface area (Å²) in [6.07, 6.45) is 1.15. The van der Waals surface area contributed by atoms with E-state index in [9.17, 15) is 0 Å². The Morgan fingerprint density at radius 1 is 1.33 bits per heavy atom. The molecular weight excluding hydrogens is 292 g/mol. The van der Waals surface area contributed by atoms with E-state index < -0.39 is 0 Å². The predicted octanol–water partition coefficient (Wildman–Crippen LogP) is 2.77. The van der Waals surface area contributed by atoms with Gasteiger partial charge in [0.25, 0.3) is 0 Å². The Balaban J connectivity index is 2.71. The van der Waals surface area contributed by atoms with E-state index in [1.54, 1.807) is 0 Å². The topological polar surface area (TPSA) is 35.5 Å². The lowest BCUT2D eigenvalue weighted by atomic mass is 10.2. The minimum Gasteiger partial charge on any atom is -0.395 e. The molecule has 0 atom stereocenters. The molecule has 0 aliphatic carbocycles. The lowest BCUT2D eigenvalue weighted by Gasteiger charge is -2.23. The lowest BCUT2D eigenvalue weighted by molar-refractivity contribution is 0.302. The summed E-state index contributed by atoms with van der Waals surface area (Å²) in [5.41, 5.74) is 2.42. The average Bonchev–Trinajstić information content (AvgIpc) is 2.37. The van der Waals surface area contributed by atoms with E-state index in [4.69, 9.17) is 5.11 Å². The quantitative estimate of drug-likeness (QED) is 0.724. The van der Waals surface area contributed by atoms with Gasteiger partial charge in [-0.25, -0.2) is 0 Å². The van der Waals surface area contributed by atoms with Gasteiger partial charge in [0.1, 0.15) is 0 Å². The molecule has 0 saturated heterocycles. The number of nitrogens with one attached hydrogen (secondary N) is 1. The van der Waals surface area contributed by atoms with Gasteiger partial charge in [0, 0.05) is 24.1 Å². The van der Waals surface area contributed by atoms with Crippen molar-refractivity contribution in [2.45, 2.75) is 26.8 Å². The van der Waals surface area contributed by atoms with Crippen LogP contribution < -0.4 is 10.2 Å². The molecule has 0 aromatic heterocycles. The summed E-state index contributed by atoms with van der Waals surface area (Å²) in [7, 11) is 0. The Hall–Kier alpha value is -0.580. The minimum atomic E-state index is 0.181. The molecule has 0 aliphatic rings. The van der Waals surface area contributed by atoms with E-state index in [-0.39, 0.29) is 6.61 Å². The van der Waals surface area contributed by atoms with Gasteiger partial charge in [-0.3, -0.25) is 0 Å². The maximum Gasteiger partial charge on any atom is 0.0606 e. The third-order valence-corrected chi connectivity index (χ3v) is 3.50. The molecule has 4 heteroatoms. The largest absolute Gasteiger partial charge is 0.395 e. The number of rotatable bonds is 8. The van der Waals surface area contributed by atoms with Crippen LogP contribution in [0.3, 0.4) is 0 Å². The molecule has 1 aromatic rings. The summed E-state index contributed by atoms with van der Waals surface area (Å²) < 4.78 is 1.09. The van der Waals surface area contributed by atoms with Crippen LogP contribution in [0.5, 0.6) is 0 Å². The van der Waals surface area contributed by atoms with E-state index >= 15 is 0 Å². The van der Waals surface area contributed by atoms with Crippen molar-refractivity contribution >= 4 is 21.6 Å². The third kappa shape index (κ3) is 4.59. The number of hydrogen-bond donors (Lipinski definition) is 2. The smallest absolute Gasteiger partial charge is 0.0606 e. The fourth-order valence-electron chi connectivity index (χ4n) is 1.90. The van der Waals surface area contributed by atoms with Crippen molar-refractivity contribution in [2.75, 3.05) is 31.1 Å². The first-order chi connectivity index (χ1) is 8.72. The fourth-order valence-corrected chi connectivity index (χ4v) is 2.57. The average molecular weight is 315 g/mol. The van der Waals surface area contributed by atoms with Crippen LogP contribution in [0, 0.1) is 0 Å². The molecule has 0 spiro atoms. The van der Waals surface area contributed by atoms with Crippen molar-refractivity contribution in [3.8, 4) is 0 Å². The first kappa shape index (κ1) is 15.5. The molecule has 2 N–H and O–H groups in total. The number of benzene rings is 1. The molecule has 0 saturated carbocycles. The molecule has 0 amide bonds. The SMILES string of the molecule is CCCNCc1ccc(N(CC)CCO)c(Br)c1. The van der Waals surface area contributed by atoms with Crippen LogP contribution in [0.1, 0.15) is 25.8 Å². The first-order valence-corrected chi connectivity index (χ1v) is 7.37. The third-order valence-electron chi connectivity index (χ3n) is 2.86. The van der Waals surface area contributed by atoms with Gasteiger partial charge in [-0.2, -0.15) is 0 Å². The van der Waals surface area contributed by atoms with Crippen molar-refractivity contribution in [2.24, 2.45) is 0 Å². The molecule has 102 valence electrons. The van der Waals surface area contributed by atoms with Gasteiger partial charge in [-0.05, 0) is 53.5 Å². The Morgan fingerprint density at radius 3 is 2.67 bits per heavy atom. The van der Waals surface area contributed by atoms with Crippen molar-refractivity contribution in [3.63, 3.8) is 0 Å². The molecular formula is C14H23BrN2O. The molecule has 18 heavy (non-hydrogen) atoms. The zero-order chi connectivity index (χ0) is 13.4. The molecule has 0 radical (unpaired) electrons. The maximum atomic E-state index is 9.05. The van der Waals surface area contributed by atoms with Crippen LogP contribution in [-0.2, 0) is 6.54 Å². The van der Waals surface area contributed by atoms with Gasteiger partial charge in [-0.15, -0.1) is 0 Å². The molecule has 0 aliphatic heterocycles. The second-order valence-electron chi connectivity index (χ2n) is 4.27. The van der Waals surface area contributed by atoms with Gasteiger partial charge in [0.15, 0.2) is 0 Å². The van der Waals surface area contributed by atoms with E-state index in [1.165, 1.54) is 5.56 Å². The van der Waals surface area contributed by atoms with Crippen LogP contribution in [0.25, 0.3) is 0 Å². The van der Waals surface area contributed by atoms with Crippen molar-refractivity contribution < 1.29 is 5.11 Å². The summed E-state index contributed by atoms with van der Waals surface area (Å²) >= 11 is 3.62. The number of aliphatic hydroxyl groups excluding tert-OH is 1. The van der Waals surface area contributed by atoms with Gasteiger partial charge >= 0.3 is 0 Å².